The van der Waals surface area contributed by atoms with Crippen LogP contribution in [0.5, 0.6) is 0 Å². The van der Waals surface area contributed by atoms with Gasteiger partial charge in [-0.25, -0.2) is 8.78 Å². The van der Waals surface area contributed by atoms with Gasteiger partial charge in [0.15, 0.2) is 0 Å². The molecule has 0 aliphatic rings. The van der Waals surface area contributed by atoms with E-state index in [0.717, 1.165) is 5.56 Å². The molecule has 0 radical (unpaired) electrons. The van der Waals surface area contributed by atoms with Crippen molar-refractivity contribution in [1.29, 1.82) is 0 Å². The van der Waals surface area contributed by atoms with Crippen molar-refractivity contribution >= 4 is 11.6 Å². The fraction of sp³-hybridized carbons (Fsp3) is 0.250. The zero-order valence-electron chi connectivity index (χ0n) is 11.4. The molecule has 4 heteroatoms. The molecule has 0 saturated heterocycles. The van der Waals surface area contributed by atoms with Crippen molar-refractivity contribution in [3.63, 3.8) is 0 Å². The Morgan fingerprint density at radius 3 is 2.60 bits per heavy atom. The summed E-state index contributed by atoms with van der Waals surface area (Å²) in [5.41, 5.74) is 2.20. The third kappa shape index (κ3) is 3.17. The average Bonchev–Trinajstić information content (AvgIpc) is 2.43. The van der Waals surface area contributed by atoms with Crippen molar-refractivity contribution < 1.29 is 8.78 Å². The largest absolute Gasteiger partial charge is 0.313 e. The van der Waals surface area contributed by atoms with Crippen LogP contribution in [0.1, 0.15) is 22.7 Å². The molecule has 0 heterocycles. The van der Waals surface area contributed by atoms with Gasteiger partial charge in [-0.1, -0.05) is 41.4 Å². The van der Waals surface area contributed by atoms with Crippen molar-refractivity contribution in [2.24, 2.45) is 0 Å². The highest BCUT2D eigenvalue weighted by Gasteiger charge is 2.17. The summed E-state index contributed by atoms with van der Waals surface area (Å²) < 4.78 is 27.4. The first-order chi connectivity index (χ1) is 9.52. The predicted molar refractivity (Wildman–Crippen MR) is 78.1 cm³/mol. The standard InChI is InChI=1S/C16H16ClF2N/c1-10-6-7-13(18)12(8-10)15(20-2)9-11-4-3-5-14(19)16(11)17/h3-8,15,20H,9H2,1-2H3. The number of likely N-dealkylation sites (N-methyl/N-ethyl adjacent to an activating group) is 1. The summed E-state index contributed by atoms with van der Waals surface area (Å²) >= 11 is 5.96. The summed E-state index contributed by atoms with van der Waals surface area (Å²) in [6.45, 7) is 1.91. The van der Waals surface area contributed by atoms with Crippen molar-refractivity contribution in [2.45, 2.75) is 19.4 Å². The molecule has 0 spiro atoms. The van der Waals surface area contributed by atoms with Crippen LogP contribution in [0.15, 0.2) is 36.4 Å². The van der Waals surface area contributed by atoms with Crippen molar-refractivity contribution in [3.05, 3.63) is 69.7 Å². The smallest absolute Gasteiger partial charge is 0.142 e. The first kappa shape index (κ1) is 14.9. The van der Waals surface area contributed by atoms with Crippen LogP contribution in [0.2, 0.25) is 5.02 Å². The van der Waals surface area contributed by atoms with Crippen LogP contribution < -0.4 is 5.32 Å². The molecule has 20 heavy (non-hydrogen) atoms. The van der Waals surface area contributed by atoms with Gasteiger partial charge in [0, 0.05) is 11.6 Å². The normalized spacial score (nSPS) is 12.4. The van der Waals surface area contributed by atoms with Crippen LogP contribution in [0.25, 0.3) is 0 Å². The van der Waals surface area contributed by atoms with Crippen molar-refractivity contribution in [3.8, 4) is 0 Å². The quantitative estimate of drug-likeness (QED) is 0.880. The molecule has 0 bridgehead atoms. The van der Waals surface area contributed by atoms with Crippen LogP contribution in [0, 0.1) is 18.6 Å². The Morgan fingerprint density at radius 1 is 1.15 bits per heavy atom. The molecule has 0 aliphatic carbocycles. The van der Waals surface area contributed by atoms with Gasteiger partial charge in [0.05, 0.1) is 5.02 Å². The second-order valence-corrected chi connectivity index (χ2v) is 5.16. The first-order valence-electron chi connectivity index (χ1n) is 6.39. The fourth-order valence-electron chi connectivity index (χ4n) is 2.22. The molecule has 1 atom stereocenters. The van der Waals surface area contributed by atoms with Crippen LogP contribution in [-0.2, 0) is 6.42 Å². The Hall–Kier alpha value is -1.45. The number of halogens is 3. The van der Waals surface area contributed by atoms with E-state index < -0.39 is 5.82 Å². The van der Waals surface area contributed by atoms with Gasteiger partial charge >= 0.3 is 0 Å². The highest BCUT2D eigenvalue weighted by atomic mass is 35.5. The zero-order chi connectivity index (χ0) is 14.7. The third-order valence-corrected chi connectivity index (χ3v) is 3.75. The predicted octanol–water partition coefficient (Wildman–Crippen LogP) is 4.43. The molecule has 1 nitrogen and oxygen atoms in total. The Kier molecular flexibility index (Phi) is 4.73. The lowest BCUT2D eigenvalue weighted by Gasteiger charge is -2.19. The van der Waals surface area contributed by atoms with Gasteiger partial charge in [0.2, 0.25) is 0 Å². The number of nitrogens with one attached hydrogen (secondary N) is 1. The van der Waals surface area contributed by atoms with Gasteiger partial charge in [0.25, 0.3) is 0 Å². The summed E-state index contributed by atoms with van der Waals surface area (Å²) in [7, 11) is 1.75. The van der Waals surface area contributed by atoms with Crippen molar-refractivity contribution in [2.75, 3.05) is 7.05 Å². The van der Waals surface area contributed by atoms with Crippen LogP contribution in [-0.4, -0.2) is 7.05 Å². The van der Waals surface area contributed by atoms with Gasteiger partial charge in [-0.2, -0.15) is 0 Å². The number of aryl methyl sites for hydroxylation is 1. The SMILES string of the molecule is CNC(Cc1cccc(F)c1Cl)c1cc(C)ccc1F. The van der Waals surface area contributed by atoms with E-state index in [1.807, 2.05) is 6.92 Å². The Labute approximate surface area is 122 Å². The minimum atomic E-state index is -0.455. The lowest BCUT2D eigenvalue weighted by atomic mass is 9.97. The Morgan fingerprint density at radius 2 is 1.90 bits per heavy atom. The topological polar surface area (TPSA) is 12.0 Å². The second-order valence-electron chi connectivity index (χ2n) is 4.78. The first-order valence-corrected chi connectivity index (χ1v) is 6.77. The van der Waals surface area contributed by atoms with E-state index >= 15 is 0 Å². The molecule has 1 unspecified atom stereocenters. The van der Waals surface area contributed by atoms with Gasteiger partial charge in [0.1, 0.15) is 11.6 Å². The fourth-order valence-corrected chi connectivity index (χ4v) is 2.43. The molecule has 1 N–H and O–H groups in total. The number of hydrogen-bond acceptors (Lipinski definition) is 1. The molecule has 0 aromatic heterocycles. The van der Waals surface area contributed by atoms with Gasteiger partial charge in [-0.15, -0.1) is 0 Å². The molecule has 0 fully saturated rings. The zero-order valence-corrected chi connectivity index (χ0v) is 12.1. The van der Waals surface area contributed by atoms with Crippen molar-refractivity contribution in [1.82, 2.24) is 5.32 Å². The van der Waals surface area contributed by atoms with E-state index in [1.54, 1.807) is 31.3 Å². The maximum absolute atomic E-state index is 13.9. The second kappa shape index (κ2) is 6.33. The van der Waals surface area contributed by atoms with E-state index in [2.05, 4.69) is 5.32 Å². The summed E-state index contributed by atoms with van der Waals surface area (Å²) in [6, 6.07) is 9.38. The third-order valence-electron chi connectivity index (χ3n) is 3.33. The van der Waals surface area contributed by atoms with Gasteiger partial charge in [-0.3, -0.25) is 0 Å². The molecular formula is C16H16ClF2N. The Balaban J connectivity index is 2.34. The lowest BCUT2D eigenvalue weighted by molar-refractivity contribution is 0.532. The number of hydrogen-bond donors (Lipinski definition) is 1. The number of rotatable bonds is 4. The Bertz CT molecular complexity index is 613. The maximum atomic E-state index is 13.9. The highest BCUT2D eigenvalue weighted by molar-refractivity contribution is 6.31. The van der Waals surface area contributed by atoms with Crippen LogP contribution in [0.3, 0.4) is 0 Å². The van der Waals surface area contributed by atoms with Gasteiger partial charge in [-0.05, 0) is 38.1 Å². The maximum Gasteiger partial charge on any atom is 0.142 e. The van der Waals surface area contributed by atoms with Crippen LogP contribution >= 0.6 is 11.6 Å². The molecule has 2 aromatic rings. The van der Waals surface area contributed by atoms with E-state index in [0.29, 0.717) is 17.5 Å². The molecule has 2 rings (SSSR count). The van der Waals surface area contributed by atoms with E-state index in [9.17, 15) is 8.78 Å². The molecule has 0 saturated carbocycles. The van der Waals surface area contributed by atoms with Gasteiger partial charge < -0.3 is 5.32 Å². The number of benzene rings is 2. The average molecular weight is 296 g/mol. The minimum Gasteiger partial charge on any atom is -0.313 e. The van der Waals surface area contributed by atoms with E-state index in [4.69, 9.17) is 11.6 Å². The monoisotopic (exact) mass is 295 g/mol. The van der Waals surface area contributed by atoms with E-state index in [1.165, 1.54) is 12.1 Å². The molecule has 0 amide bonds. The molecular weight excluding hydrogens is 280 g/mol. The summed E-state index contributed by atoms with van der Waals surface area (Å²) in [5.74, 6) is -0.730. The summed E-state index contributed by atoms with van der Waals surface area (Å²) in [5, 5.41) is 3.16. The lowest BCUT2D eigenvalue weighted by Crippen LogP contribution is -2.20. The minimum absolute atomic E-state index is 0.0980. The molecule has 0 aliphatic heterocycles. The van der Waals surface area contributed by atoms with Crippen LogP contribution in [0.4, 0.5) is 8.78 Å². The molecule has 106 valence electrons. The van der Waals surface area contributed by atoms with E-state index in [-0.39, 0.29) is 16.9 Å². The summed E-state index contributed by atoms with van der Waals surface area (Å²) in [6.07, 6.45) is 0.424. The summed E-state index contributed by atoms with van der Waals surface area (Å²) in [4.78, 5) is 0. The molecule has 2 aromatic carbocycles. The highest BCUT2D eigenvalue weighted by Crippen LogP contribution is 2.27.